The Balaban J connectivity index is 1.64. The van der Waals surface area contributed by atoms with Gasteiger partial charge < -0.3 is 5.32 Å². The molecule has 1 atom stereocenters. The number of benzene rings is 1. The average molecular weight is 309 g/mol. The molecule has 5 heteroatoms. The van der Waals surface area contributed by atoms with Crippen LogP contribution >= 0.6 is 0 Å². The van der Waals surface area contributed by atoms with Crippen LogP contribution in [0.3, 0.4) is 0 Å². The molecule has 0 fully saturated rings. The summed E-state index contributed by atoms with van der Waals surface area (Å²) in [5.41, 5.74) is 5.88. The van der Waals surface area contributed by atoms with Crippen molar-refractivity contribution in [1.82, 2.24) is 25.3 Å². The normalized spacial score (nSPS) is 12.5. The molecule has 0 aliphatic heterocycles. The van der Waals surface area contributed by atoms with Gasteiger partial charge in [0.1, 0.15) is 0 Å². The van der Waals surface area contributed by atoms with Crippen LogP contribution in [0.1, 0.15) is 23.6 Å². The van der Waals surface area contributed by atoms with Crippen LogP contribution < -0.4 is 5.32 Å². The molecular formula is C18H23N5. The Bertz CT molecular complexity index is 771. The molecule has 0 saturated heterocycles. The molecule has 0 radical (unpaired) electrons. The summed E-state index contributed by atoms with van der Waals surface area (Å²) in [6, 6.07) is 8.79. The molecule has 3 aromatic rings. The van der Waals surface area contributed by atoms with E-state index >= 15 is 0 Å². The zero-order chi connectivity index (χ0) is 16.2. The van der Waals surface area contributed by atoms with Gasteiger partial charge in [0.25, 0.3) is 0 Å². The molecule has 5 nitrogen and oxygen atoms in total. The van der Waals surface area contributed by atoms with Gasteiger partial charge in [-0.25, -0.2) is 0 Å². The van der Waals surface area contributed by atoms with E-state index in [-0.39, 0.29) is 0 Å². The summed E-state index contributed by atoms with van der Waals surface area (Å²) in [5, 5.41) is 15.2. The number of hydrogen-bond donors (Lipinski definition) is 2. The Morgan fingerprint density at radius 1 is 1.22 bits per heavy atom. The van der Waals surface area contributed by atoms with Gasteiger partial charge in [-0.15, -0.1) is 0 Å². The van der Waals surface area contributed by atoms with Gasteiger partial charge in [-0.3, -0.25) is 9.78 Å². The molecule has 0 aliphatic rings. The van der Waals surface area contributed by atoms with Crippen LogP contribution in [0, 0.1) is 13.8 Å². The first-order valence-electron chi connectivity index (χ1n) is 7.93. The number of aryl methyl sites for hydroxylation is 2. The van der Waals surface area contributed by atoms with Crippen LogP contribution in [0.15, 0.2) is 42.9 Å². The zero-order valence-corrected chi connectivity index (χ0v) is 13.9. The molecule has 0 bridgehead atoms. The minimum absolute atomic E-state index is 0.328. The molecule has 3 rings (SSSR count). The lowest BCUT2D eigenvalue weighted by atomic mass is 10.1. The fraction of sp³-hybridized carbons (Fsp3) is 0.333. The summed E-state index contributed by atoms with van der Waals surface area (Å²) in [5.74, 6) is 0. The summed E-state index contributed by atoms with van der Waals surface area (Å²) in [6.07, 6.45) is 5.85. The molecule has 2 heterocycles. The smallest absolute Gasteiger partial charge is 0.0695 e. The van der Waals surface area contributed by atoms with E-state index < -0.39 is 0 Å². The molecule has 1 aromatic carbocycles. The maximum absolute atomic E-state index is 4.33. The lowest BCUT2D eigenvalue weighted by molar-refractivity contribution is 0.451. The molecule has 120 valence electrons. The Morgan fingerprint density at radius 2 is 2.09 bits per heavy atom. The van der Waals surface area contributed by atoms with Crippen LogP contribution in [0.25, 0.3) is 11.3 Å². The second-order valence-electron chi connectivity index (χ2n) is 6.16. The third kappa shape index (κ3) is 3.87. The summed E-state index contributed by atoms with van der Waals surface area (Å²) in [4.78, 5) is 0. The second kappa shape index (κ2) is 6.79. The molecule has 2 aromatic heterocycles. The van der Waals surface area contributed by atoms with Crippen LogP contribution in [0.5, 0.6) is 0 Å². The number of rotatable bonds is 6. The van der Waals surface area contributed by atoms with Gasteiger partial charge in [0.2, 0.25) is 0 Å². The Kier molecular flexibility index (Phi) is 4.57. The summed E-state index contributed by atoms with van der Waals surface area (Å²) >= 11 is 0. The highest BCUT2D eigenvalue weighted by molar-refractivity contribution is 5.63. The van der Waals surface area contributed by atoms with Crippen molar-refractivity contribution in [2.45, 2.75) is 39.9 Å². The maximum Gasteiger partial charge on any atom is 0.0695 e. The first-order valence-corrected chi connectivity index (χ1v) is 7.93. The van der Waals surface area contributed by atoms with Crippen LogP contribution in [0.2, 0.25) is 0 Å². The van der Waals surface area contributed by atoms with Crippen molar-refractivity contribution in [3.05, 3.63) is 59.5 Å². The quantitative estimate of drug-likeness (QED) is 0.736. The molecule has 0 amide bonds. The average Bonchev–Trinajstić information content (AvgIpc) is 3.14. The highest BCUT2D eigenvalue weighted by Gasteiger charge is 2.10. The minimum atomic E-state index is 0.328. The lowest BCUT2D eigenvalue weighted by Gasteiger charge is -2.14. The van der Waals surface area contributed by atoms with Crippen LogP contribution in [-0.2, 0) is 13.1 Å². The van der Waals surface area contributed by atoms with E-state index in [2.05, 4.69) is 71.8 Å². The number of H-pyrrole nitrogens is 1. The summed E-state index contributed by atoms with van der Waals surface area (Å²) < 4.78 is 1.98. The van der Waals surface area contributed by atoms with Gasteiger partial charge in [0.05, 0.1) is 24.6 Å². The molecule has 0 aliphatic carbocycles. The standard InChI is InChI=1S/C18H23N5/c1-13-5-4-6-16(7-13)18-17(10-20-22-18)9-19-15(3)12-23-11-14(2)8-21-23/h4-8,10-11,15,19H,9,12H2,1-3H3,(H,20,22)/t15-/m1/s1. The van der Waals surface area contributed by atoms with E-state index in [1.54, 1.807) is 0 Å². The van der Waals surface area contributed by atoms with Gasteiger partial charge in [-0.05, 0) is 32.4 Å². The zero-order valence-electron chi connectivity index (χ0n) is 13.9. The van der Waals surface area contributed by atoms with Crippen molar-refractivity contribution in [3.63, 3.8) is 0 Å². The third-order valence-electron chi connectivity index (χ3n) is 3.89. The monoisotopic (exact) mass is 309 g/mol. The molecule has 0 saturated carbocycles. The molecular weight excluding hydrogens is 286 g/mol. The van der Waals surface area contributed by atoms with E-state index in [1.165, 1.54) is 22.3 Å². The Morgan fingerprint density at radius 3 is 2.83 bits per heavy atom. The maximum atomic E-state index is 4.33. The van der Waals surface area contributed by atoms with Gasteiger partial charge in [0, 0.05) is 29.9 Å². The van der Waals surface area contributed by atoms with Crippen LogP contribution in [-0.4, -0.2) is 26.0 Å². The van der Waals surface area contributed by atoms with Crippen LogP contribution in [0.4, 0.5) is 0 Å². The first-order chi connectivity index (χ1) is 11.1. The highest BCUT2D eigenvalue weighted by atomic mass is 15.3. The van der Waals surface area contributed by atoms with Crippen molar-refractivity contribution in [2.75, 3.05) is 0 Å². The van der Waals surface area contributed by atoms with Gasteiger partial charge in [-0.2, -0.15) is 10.2 Å². The predicted molar refractivity (Wildman–Crippen MR) is 92.0 cm³/mol. The number of nitrogens with zero attached hydrogens (tertiary/aromatic N) is 3. The van der Waals surface area contributed by atoms with Gasteiger partial charge in [0.15, 0.2) is 0 Å². The van der Waals surface area contributed by atoms with Gasteiger partial charge >= 0.3 is 0 Å². The minimum Gasteiger partial charge on any atom is -0.308 e. The van der Waals surface area contributed by atoms with Gasteiger partial charge in [-0.1, -0.05) is 23.8 Å². The lowest BCUT2D eigenvalue weighted by Crippen LogP contribution is -2.30. The molecule has 0 spiro atoms. The molecule has 23 heavy (non-hydrogen) atoms. The fourth-order valence-corrected chi connectivity index (χ4v) is 2.69. The van der Waals surface area contributed by atoms with E-state index in [0.717, 1.165) is 18.8 Å². The highest BCUT2D eigenvalue weighted by Crippen LogP contribution is 2.21. The van der Waals surface area contributed by atoms with Crippen molar-refractivity contribution in [2.24, 2.45) is 0 Å². The number of aromatic amines is 1. The number of aromatic nitrogens is 4. The van der Waals surface area contributed by atoms with Crippen molar-refractivity contribution >= 4 is 0 Å². The SMILES string of the molecule is Cc1cccc(-c2[nH]ncc2CN[C@H](C)Cn2cc(C)cn2)c1. The predicted octanol–water partition coefficient (Wildman–Crippen LogP) is 3.07. The Labute approximate surface area is 136 Å². The summed E-state index contributed by atoms with van der Waals surface area (Å²) in [6.45, 7) is 7.96. The fourth-order valence-electron chi connectivity index (χ4n) is 2.69. The van der Waals surface area contributed by atoms with E-state index in [1.807, 2.05) is 17.1 Å². The topological polar surface area (TPSA) is 58.5 Å². The third-order valence-corrected chi connectivity index (χ3v) is 3.89. The molecule has 2 N–H and O–H groups in total. The van der Waals surface area contributed by atoms with E-state index in [9.17, 15) is 0 Å². The van der Waals surface area contributed by atoms with E-state index in [4.69, 9.17) is 0 Å². The van der Waals surface area contributed by atoms with Crippen molar-refractivity contribution in [3.8, 4) is 11.3 Å². The summed E-state index contributed by atoms with van der Waals surface area (Å²) in [7, 11) is 0. The van der Waals surface area contributed by atoms with Crippen molar-refractivity contribution < 1.29 is 0 Å². The Hall–Kier alpha value is -2.40. The van der Waals surface area contributed by atoms with E-state index in [0.29, 0.717) is 6.04 Å². The largest absolute Gasteiger partial charge is 0.308 e. The first kappa shape index (κ1) is 15.5. The number of nitrogens with one attached hydrogen (secondary N) is 2. The number of hydrogen-bond acceptors (Lipinski definition) is 3. The molecule has 0 unspecified atom stereocenters. The second-order valence-corrected chi connectivity index (χ2v) is 6.16. The van der Waals surface area contributed by atoms with Crippen molar-refractivity contribution in [1.29, 1.82) is 0 Å².